The molecule has 1 fully saturated rings. The number of anilines is 3. The first kappa shape index (κ1) is 22.5. The highest BCUT2D eigenvalue weighted by Gasteiger charge is 2.22. The largest absolute Gasteiger partial charge is 0.487 e. The normalized spacial score (nSPS) is 15.8. The van der Waals surface area contributed by atoms with Crippen molar-refractivity contribution in [1.29, 1.82) is 0 Å². The molecule has 1 unspecified atom stereocenters. The van der Waals surface area contributed by atoms with Gasteiger partial charge in [-0.3, -0.25) is 4.79 Å². The Morgan fingerprint density at radius 2 is 2.11 bits per heavy atom. The van der Waals surface area contributed by atoms with Gasteiger partial charge in [0.25, 0.3) is 0 Å². The van der Waals surface area contributed by atoms with Crippen molar-refractivity contribution in [3.63, 3.8) is 0 Å². The predicted octanol–water partition coefficient (Wildman–Crippen LogP) is 4.51. The first-order valence-electron chi connectivity index (χ1n) is 11.3. The summed E-state index contributed by atoms with van der Waals surface area (Å²) in [6.45, 7) is 5.34. The Morgan fingerprint density at radius 3 is 2.89 bits per heavy atom. The van der Waals surface area contributed by atoms with E-state index in [0.717, 1.165) is 30.4 Å². The molecule has 5 rings (SSSR count). The van der Waals surface area contributed by atoms with Crippen LogP contribution in [0.1, 0.15) is 6.42 Å². The summed E-state index contributed by atoms with van der Waals surface area (Å²) in [5, 5.41) is 11.3. The van der Waals surface area contributed by atoms with Crippen molar-refractivity contribution in [3.05, 3.63) is 79.4 Å². The molecule has 1 aliphatic rings. The van der Waals surface area contributed by atoms with Gasteiger partial charge >= 0.3 is 0 Å². The van der Waals surface area contributed by atoms with Gasteiger partial charge in [0.2, 0.25) is 5.91 Å². The SMILES string of the molecule is C=CC(=O)Nc1cc(Nc2cc3c(cn2)cnn3-c2cccc(F)c2)ccc1OC1CCN(C)C1. The molecule has 2 aromatic carbocycles. The molecule has 178 valence electrons. The molecule has 35 heavy (non-hydrogen) atoms. The molecule has 3 heterocycles. The van der Waals surface area contributed by atoms with Crippen LogP contribution in [0.2, 0.25) is 0 Å². The maximum Gasteiger partial charge on any atom is 0.247 e. The number of nitrogens with one attached hydrogen (secondary N) is 2. The minimum absolute atomic E-state index is 0.0605. The van der Waals surface area contributed by atoms with Gasteiger partial charge in [-0.05, 0) is 55.9 Å². The monoisotopic (exact) mass is 472 g/mol. The fourth-order valence-electron chi connectivity index (χ4n) is 4.11. The van der Waals surface area contributed by atoms with E-state index in [4.69, 9.17) is 4.74 Å². The molecule has 0 spiro atoms. The number of rotatable bonds is 7. The maximum absolute atomic E-state index is 13.7. The lowest BCUT2D eigenvalue weighted by molar-refractivity contribution is -0.111. The van der Waals surface area contributed by atoms with Gasteiger partial charge in [-0.1, -0.05) is 12.6 Å². The summed E-state index contributed by atoms with van der Waals surface area (Å²) in [4.78, 5) is 18.7. The number of hydrogen-bond acceptors (Lipinski definition) is 6. The number of fused-ring (bicyclic) bond motifs is 1. The molecular formula is C26H25FN6O2. The van der Waals surface area contributed by atoms with Gasteiger partial charge in [-0.2, -0.15) is 5.10 Å². The molecule has 1 aliphatic heterocycles. The van der Waals surface area contributed by atoms with Crippen molar-refractivity contribution in [1.82, 2.24) is 19.7 Å². The smallest absolute Gasteiger partial charge is 0.247 e. The summed E-state index contributed by atoms with van der Waals surface area (Å²) in [7, 11) is 2.06. The number of likely N-dealkylation sites (tertiary alicyclic amines) is 1. The molecule has 0 aliphatic carbocycles. The Morgan fingerprint density at radius 1 is 1.23 bits per heavy atom. The number of benzene rings is 2. The molecule has 0 saturated carbocycles. The van der Waals surface area contributed by atoms with Gasteiger partial charge in [0, 0.05) is 36.4 Å². The van der Waals surface area contributed by atoms with Gasteiger partial charge < -0.3 is 20.3 Å². The zero-order chi connectivity index (χ0) is 24.4. The molecule has 1 atom stereocenters. The van der Waals surface area contributed by atoms with Crippen LogP contribution in [-0.2, 0) is 4.79 Å². The minimum atomic E-state index is -0.334. The molecule has 0 bridgehead atoms. The number of carbonyl (C=O) groups is 1. The van der Waals surface area contributed by atoms with Gasteiger partial charge in [0.05, 0.1) is 23.1 Å². The number of ether oxygens (including phenoxy) is 1. The van der Waals surface area contributed by atoms with Gasteiger partial charge in [-0.25, -0.2) is 14.1 Å². The first-order valence-corrected chi connectivity index (χ1v) is 11.3. The summed E-state index contributed by atoms with van der Waals surface area (Å²) in [5.74, 6) is 0.509. The lowest BCUT2D eigenvalue weighted by atomic mass is 10.2. The van der Waals surface area contributed by atoms with Crippen LogP contribution in [0.25, 0.3) is 16.6 Å². The first-order chi connectivity index (χ1) is 17.0. The summed E-state index contributed by atoms with van der Waals surface area (Å²) in [5.41, 5.74) is 2.65. The van der Waals surface area contributed by atoms with Gasteiger partial charge in [0.1, 0.15) is 23.5 Å². The average Bonchev–Trinajstić information content (AvgIpc) is 3.46. The fraction of sp³-hybridized carbons (Fsp3) is 0.192. The van der Waals surface area contributed by atoms with E-state index in [1.807, 2.05) is 18.2 Å². The molecular weight excluding hydrogens is 447 g/mol. The average molecular weight is 473 g/mol. The second kappa shape index (κ2) is 9.55. The highest BCUT2D eigenvalue weighted by atomic mass is 19.1. The third-order valence-corrected chi connectivity index (χ3v) is 5.84. The number of likely N-dealkylation sites (N-methyl/N-ethyl adjacent to an activating group) is 1. The van der Waals surface area contributed by atoms with E-state index in [0.29, 0.717) is 28.6 Å². The molecule has 2 aromatic heterocycles. The van der Waals surface area contributed by atoms with E-state index in [1.54, 1.807) is 35.3 Å². The number of amides is 1. The lowest BCUT2D eigenvalue weighted by Crippen LogP contribution is -2.22. The van der Waals surface area contributed by atoms with Crippen molar-refractivity contribution in [2.24, 2.45) is 0 Å². The van der Waals surface area contributed by atoms with E-state index in [9.17, 15) is 9.18 Å². The minimum Gasteiger partial charge on any atom is -0.487 e. The summed E-state index contributed by atoms with van der Waals surface area (Å²) in [6, 6.07) is 13.6. The van der Waals surface area contributed by atoms with Crippen LogP contribution < -0.4 is 15.4 Å². The van der Waals surface area contributed by atoms with E-state index < -0.39 is 0 Å². The summed E-state index contributed by atoms with van der Waals surface area (Å²) < 4.78 is 21.6. The third kappa shape index (κ3) is 4.99. The Kier molecular flexibility index (Phi) is 6.15. The number of pyridine rings is 1. The van der Waals surface area contributed by atoms with Gasteiger partial charge in [-0.15, -0.1) is 0 Å². The molecule has 0 radical (unpaired) electrons. The van der Waals surface area contributed by atoms with Crippen molar-refractivity contribution in [3.8, 4) is 11.4 Å². The Balaban J connectivity index is 1.43. The van der Waals surface area contributed by atoms with E-state index in [1.165, 1.54) is 18.2 Å². The van der Waals surface area contributed by atoms with Crippen molar-refractivity contribution in [2.45, 2.75) is 12.5 Å². The van der Waals surface area contributed by atoms with Crippen LogP contribution in [0.4, 0.5) is 21.6 Å². The Hall–Kier alpha value is -4.24. The van der Waals surface area contributed by atoms with E-state index in [-0.39, 0.29) is 17.8 Å². The van der Waals surface area contributed by atoms with Crippen LogP contribution in [-0.4, -0.2) is 51.8 Å². The molecule has 8 nitrogen and oxygen atoms in total. The topological polar surface area (TPSA) is 84.3 Å². The van der Waals surface area contributed by atoms with E-state index in [2.05, 4.69) is 39.2 Å². The second-order valence-corrected chi connectivity index (χ2v) is 8.48. The van der Waals surface area contributed by atoms with Crippen LogP contribution in [0.5, 0.6) is 5.75 Å². The van der Waals surface area contributed by atoms with Crippen LogP contribution in [0.15, 0.2) is 73.6 Å². The van der Waals surface area contributed by atoms with Crippen LogP contribution in [0, 0.1) is 5.82 Å². The fourth-order valence-corrected chi connectivity index (χ4v) is 4.11. The zero-order valence-corrected chi connectivity index (χ0v) is 19.2. The van der Waals surface area contributed by atoms with Crippen molar-refractivity contribution < 1.29 is 13.9 Å². The van der Waals surface area contributed by atoms with Crippen LogP contribution >= 0.6 is 0 Å². The maximum atomic E-state index is 13.7. The number of carbonyl (C=O) groups excluding carboxylic acids is 1. The molecule has 4 aromatic rings. The molecule has 9 heteroatoms. The standard InChI is InChI=1S/C26H25FN6O2/c1-3-26(34)31-22-12-19(7-8-24(22)35-21-9-10-32(2)16-21)30-25-13-23-17(14-28-25)15-29-33(23)20-6-4-5-18(27)11-20/h3-8,11-15,21H,1,9-10,16H2,2H3,(H,28,30)(H,31,34). The number of halogens is 1. The zero-order valence-electron chi connectivity index (χ0n) is 19.2. The molecule has 2 N–H and O–H groups in total. The summed E-state index contributed by atoms with van der Waals surface area (Å²) >= 11 is 0. The quantitative estimate of drug-likeness (QED) is 0.385. The Labute approximate surface area is 202 Å². The van der Waals surface area contributed by atoms with E-state index >= 15 is 0 Å². The predicted molar refractivity (Wildman–Crippen MR) is 134 cm³/mol. The van der Waals surface area contributed by atoms with Gasteiger partial charge in [0.15, 0.2) is 0 Å². The third-order valence-electron chi connectivity index (χ3n) is 5.84. The van der Waals surface area contributed by atoms with Crippen molar-refractivity contribution >= 4 is 34.0 Å². The lowest BCUT2D eigenvalue weighted by Gasteiger charge is -2.18. The summed E-state index contributed by atoms with van der Waals surface area (Å²) in [6.07, 6.45) is 5.59. The second-order valence-electron chi connectivity index (χ2n) is 8.48. The number of nitrogens with zero attached hydrogens (tertiary/aromatic N) is 4. The number of aromatic nitrogens is 3. The molecule has 1 saturated heterocycles. The highest BCUT2D eigenvalue weighted by Crippen LogP contribution is 2.32. The molecule has 1 amide bonds. The van der Waals surface area contributed by atoms with Crippen LogP contribution in [0.3, 0.4) is 0 Å². The highest BCUT2D eigenvalue weighted by molar-refractivity contribution is 6.00. The van der Waals surface area contributed by atoms with Crippen molar-refractivity contribution in [2.75, 3.05) is 30.8 Å². The number of hydrogen-bond donors (Lipinski definition) is 2. The Bertz CT molecular complexity index is 1400.